The predicted molar refractivity (Wildman–Crippen MR) is 66.0 cm³/mol. The van der Waals surface area contributed by atoms with Gasteiger partial charge in [-0.25, -0.2) is 4.79 Å². The van der Waals surface area contributed by atoms with Crippen LogP contribution in [0.2, 0.25) is 0 Å². The summed E-state index contributed by atoms with van der Waals surface area (Å²) in [6.07, 6.45) is 2.56. The van der Waals surface area contributed by atoms with E-state index >= 15 is 0 Å². The molecule has 2 unspecified atom stereocenters. The van der Waals surface area contributed by atoms with Crippen molar-refractivity contribution in [2.45, 2.75) is 57.6 Å². The highest BCUT2D eigenvalue weighted by Crippen LogP contribution is 2.06. The lowest BCUT2D eigenvalue weighted by Gasteiger charge is -2.15. The number of aliphatic carboxylic acids is 1. The minimum absolute atomic E-state index is 0.0347. The van der Waals surface area contributed by atoms with Crippen LogP contribution in [-0.4, -0.2) is 45.9 Å². The Balaban J connectivity index is 3.96. The number of carboxylic acid groups (broad SMARTS) is 1. The number of carbonyl (C=O) groups is 2. The first-order valence-electron chi connectivity index (χ1n) is 6.32. The van der Waals surface area contributed by atoms with Gasteiger partial charge >= 0.3 is 5.97 Å². The molecule has 0 aromatic rings. The Bertz CT molecular complexity index is 257. The molecule has 0 aliphatic heterocycles. The highest BCUT2D eigenvalue weighted by atomic mass is 16.4. The number of aliphatic hydroxyl groups is 2. The molecule has 0 saturated heterocycles. The van der Waals surface area contributed by atoms with Crippen LogP contribution in [0.25, 0.3) is 0 Å². The smallest absolute Gasteiger partial charge is 0.326 e. The zero-order valence-electron chi connectivity index (χ0n) is 10.8. The average Bonchev–Trinajstić information content (AvgIpc) is 2.28. The first kappa shape index (κ1) is 16.9. The number of carbonyl (C=O) groups excluding carboxylic acids is 1. The average molecular weight is 261 g/mol. The van der Waals surface area contributed by atoms with Gasteiger partial charge in [-0.1, -0.05) is 26.2 Å². The third kappa shape index (κ3) is 8.03. The van der Waals surface area contributed by atoms with Gasteiger partial charge in [0, 0.05) is 13.0 Å². The third-order valence-corrected chi connectivity index (χ3v) is 2.61. The maximum absolute atomic E-state index is 11.5. The molecule has 0 heterocycles. The summed E-state index contributed by atoms with van der Waals surface area (Å²) in [5.41, 5.74) is 0. The molecular formula is C12H23NO5. The van der Waals surface area contributed by atoms with E-state index in [1.165, 1.54) is 0 Å². The summed E-state index contributed by atoms with van der Waals surface area (Å²) in [6, 6.07) is -1.09. The molecule has 0 aliphatic carbocycles. The molecular weight excluding hydrogens is 238 g/mol. The number of carboxylic acids is 1. The van der Waals surface area contributed by atoms with Crippen molar-refractivity contribution >= 4 is 11.9 Å². The van der Waals surface area contributed by atoms with E-state index in [1.807, 2.05) is 6.92 Å². The molecule has 0 rings (SSSR count). The summed E-state index contributed by atoms with van der Waals surface area (Å²) < 4.78 is 0. The summed E-state index contributed by atoms with van der Waals surface area (Å²) in [5, 5.41) is 29.3. The molecule has 18 heavy (non-hydrogen) atoms. The van der Waals surface area contributed by atoms with Crippen LogP contribution in [0.1, 0.15) is 45.4 Å². The topological polar surface area (TPSA) is 107 Å². The van der Waals surface area contributed by atoms with Crippen molar-refractivity contribution in [3.8, 4) is 0 Å². The van der Waals surface area contributed by atoms with E-state index in [-0.39, 0.29) is 19.4 Å². The minimum Gasteiger partial charge on any atom is -0.480 e. The zero-order valence-corrected chi connectivity index (χ0v) is 10.8. The molecule has 6 nitrogen and oxygen atoms in total. The maximum atomic E-state index is 11.5. The fourth-order valence-corrected chi connectivity index (χ4v) is 1.59. The van der Waals surface area contributed by atoms with Crippen LogP contribution in [0.5, 0.6) is 0 Å². The van der Waals surface area contributed by atoms with Crippen molar-refractivity contribution in [3.05, 3.63) is 0 Å². The van der Waals surface area contributed by atoms with E-state index in [1.54, 1.807) is 0 Å². The summed E-state index contributed by atoms with van der Waals surface area (Å²) in [6.45, 7) is 1.74. The first-order chi connectivity index (χ1) is 8.51. The van der Waals surface area contributed by atoms with Gasteiger partial charge < -0.3 is 20.6 Å². The van der Waals surface area contributed by atoms with Crippen molar-refractivity contribution in [2.75, 3.05) is 6.61 Å². The highest BCUT2D eigenvalue weighted by Gasteiger charge is 2.20. The number of hydrogen-bond acceptors (Lipinski definition) is 4. The van der Waals surface area contributed by atoms with Crippen molar-refractivity contribution in [3.63, 3.8) is 0 Å². The lowest BCUT2D eigenvalue weighted by molar-refractivity contribution is -0.142. The summed E-state index contributed by atoms with van der Waals surface area (Å²) in [7, 11) is 0. The van der Waals surface area contributed by atoms with Gasteiger partial charge in [-0.05, 0) is 6.42 Å². The summed E-state index contributed by atoms with van der Waals surface area (Å²) in [5.74, 6) is -1.68. The molecule has 1 amide bonds. The fourth-order valence-electron chi connectivity index (χ4n) is 1.59. The minimum atomic E-state index is -1.18. The number of nitrogens with one attached hydrogen (secondary N) is 1. The maximum Gasteiger partial charge on any atom is 0.326 e. The zero-order chi connectivity index (χ0) is 14.0. The molecule has 0 aliphatic rings. The molecule has 106 valence electrons. The van der Waals surface area contributed by atoms with Gasteiger partial charge in [0.25, 0.3) is 0 Å². The molecule has 4 N–H and O–H groups in total. The van der Waals surface area contributed by atoms with E-state index in [9.17, 15) is 14.7 Å². The molecule has 0 radical (unpaired) electrons. The van der Waals surface area contributed by atoms with Gasteiger partial charge in [0.2, 0.25) is 5.91 Å². The SMILES string of the molecule is CCCCCC(O)CC(=O)NC(CCO)C(=O)O. The monoisotopic (exact) mass is 261 g/mol. The summed E-state index contributed by atoms with van der Waals surface area (Å²) >= 11 is 0. The molecule has 0 bridgehead atoms. The van der Waals surface area contributed by atoms with Crippen LogP contribution in [-0.2, 0) is 9.59 Å². The van der Waals surface area contributed by atoms with Gasteiger partial charge in [0.15, 0.2) is 0 Å². The second kappa shape index (κ2) is 9.85. The van der Waals surface area contributed by atoms with Gasteiger partial charge in [0.05, 0.1) is 12.5 Å². The molecule has 0 fully saturated rings. The van der Waals surface area contributed by atoms with E-state index in [0.29, 0.717) is 6.42 Å². The Morgan fingerprint density at radius 2 is 1.89 bits per heavy atom. The molecule has 6 heteroatoms. The van der Waals surface area contributed by atoms with Crippen LogP contribution < -0.4 is 5.32 Å². The predicted octanol–water partition coefficient (Wildman–Crippen LogP) is 0.269. The van der Waals surface area contributed by atoms with Gasteiger partial charge in [-0.15, -0.1) is 0 Å². The van der Waals surface area contributed by atoms with E-state index in [2.05, 4.69) is 5.32 Å². The van der Waals surface area contributed by atoms with Crippen LogP contribution >= 0.6 is 0 Å². The highest BCUT2D eigenvalue weighted by molar-refractivity contribution is 5.83. The van der Waals surface area contributed by atoms with E-state index in [0.717, 1.165) is 19.3 Å². The van der Waals surface area contributed by atoms with E-state index < -0.39 is 24.0 Å². The Morgan fingerprint density at radius 1 is 1.22 bits per heavy atom. The molecule has 2 atom stereocenters. The Kier molecular flexibility index (Phi) is 9.22. The molecule has 0 aromatic heterocycles. The van der Waals surface area contributed by atoms with Crippen LogP contribution in [0.3, 0.4) is 0 Å². The Morgan fingerprint density at radius 3 is 2.39 bits per heavy atom. The van der Waals surface area contributed by atoms with Gasteiger partial charge in [0.1, 0.15) is 6.04 Å². The first-order valence-corrected chi connectivity index (χ1v) is 6.32. The normalized spacial score (nSPS) is 13.9. The Labute approximate surface area is 107 Å². The second-order valence-corrected chi connectivity index (χ2v) is 4.32. The number of hydrogen-bond donors (Lipinski definition) is 4. The lowest BCUT2D eigenvalue weighted by Crippen LogP contribution is -2.42. The molecule has 0 aromatic carbocycles. The van der Waals surface area contributed by atoms with Crippen molar-refractivity contribution in [1.82, 2.24) is 5.32 Å². The largest absolute Gasteiger partial charge is 0.480 e. The molecule has 0 spiro atoms. The lowest BCUT2D eigenvalue weighted by atomic mass is 10.1. The van der Waals surface area contributed by atoms with Crippen LogP contribution in [0.4, 0.5) is 0 Å². The molecule has 0 saturated carbocycles. The number of aliphatic hydroxyl groups excluding tert-OH is 2. The third-order valence-electron chi connectivity index (χ3n) is 2.61. The summed E-state index contributed by atoms with van der Waals surface area (Å²) in [4.78, 5) is 22.2. The van der Waals surface area contributed by atoms with Crippen LogP contribution in [0, 0.1) is 0 Å². The Hall–Kier alpha value is -1.14. The van der Waals surface area contributed by atoms with Crippen molar-refractivity contribution in [2.24, 2.45) is 0 Å². The van der Waals surface area contributed by atoms with Crippen molar-refractivity contribution < 1.29 is 24.9 Å². The standard InChI is InChI=1S/C12H23NO5/c1-2-3-4-5-9(15)8-11(16)13-10(6-7-14)12(17)18/h9-10,14-15H,2-8H2,1H3,(H,13,16)(H,17,18). The number of amides is 1. The van der Waals surface area contributed by atoms with Crippen LogP contribution in [0.15, 0.2) is 0 Å². The number of unbranched alkanes of at least 4 members (excludes halogenated alkanes) is 2. The second-order valence-electron chi connectivity index (χ2n) is 4.32. The van der Waals surface area contributed by atoms with E-state index in [4.69, 9.17) is 10.2 Å². The number of rotatable bonds is 10. The van der Waals surface area contributed by atoms with Gasteiger partial charge in [-0.2, -0.15) is 0 Å². The fraction of sp³-hybridized carbons (Fsp3) is 0.833. The quantitative estimate of drug-likeness (QED) is 0.422. The van der Waals surface area contributed by atoms with Crippen molar-refractivity contribution in [1.29, 1.82) is 0 Å². The van der Waals surface area contributed by atoms with Gasteiger partial charge in [-0.3, -0.25) is 4.79 Å².